The lowest BCUT2D eigenvalue weighted by Crippen LogP contribution is -2.43. The second kappa shape index (κ2) is 8.00. The van der Waals surface area contributed by atoms with Crippen molar-refractivity contribution < 1.29 is 4.79 Å². The molecule has 3 atom stereocenters. The first-order chi connectivity index (χ1) is 8.29. The summed E-state index contributed by atoms with van der Waals surface area (Å²) in [6.45, 7) is 3.33. The summed E-state index contributed by atoms with van der Waals surface area (Å²) >= 11 is 0. The summed E-state index contributed by atoms with van der Waals surface area (Å²) in [7, 11) is 0. The topological polar surface area (TPSA) is 41.1 Å². The number of nitrogens with one attached hydrogen (secondary N) is 2. The van der Waals surface area contributed by atoms with Gasteiger partial charge in [0.2, 0.25) is 5.91 Å². The summed E-state index contributed by atoms with van der Waals surface area (Å²) in [5.41, 5.74) is 0. The highest BCUT2D eigenvalue weighted by atomic mass is 35.5. The molecule has 0 aromatic heterocycles. The molecular weight excluding hydrogens is 248 g/mol. The van der Waals surface area contributed by atoms with Crippen LogP contribution in [0.3, 0.4) is 0 Å². The van der Waals surface area contributed by atoms with Gasteiger partial charge in [0, 0.05) is 18.5 Å². The summed E-state index contributed by atoms with van der Waals surface area (Å²) in [6, 6.07) is 0.876. The molecule has 18 heavy (non-hydrogen) atoms. The Bertz CT molecular complexity index is 254. The van der Waals surface area contributed by atoms with Gasteiger partial charge in [-0.15, -0.1) is 12.4 Å². The maximum Gasteiger partial charge on any atom is 0.221 e. The average molecular weight is 275 g/mol. The quantitative estimate of drug-likeness (QED) is 0.828. The second-order valence-electron chi connectivity index (χ2n) is 5.62. The van der Waals surface area contributed by atoms with Crippen LogP contribution in [0.1, 0.15) is 58.3 Å². The molecule has 4 heteroatoms. The van der Waals surface area contributed by atoms with E-state index in [0.29, 0.717) is 24.4 Å². The van der Waals surface area contributed by atoms with E-state index in [-0.39, 0.29) is 18.3 Å². The Labute approximate surface area is 117 Å². The van der Waals surface area contributed by atoms with E-state index in [9.17, 15) is 4.79 Å². The highest BCUT2D eigenvalue weighted by Gasteiger charge is 2.26. The monoisotopic (exact) mass is 274 g/mol. The predicted molar refractivity (Wildman–Crippen MR) is 77.1 cm³/mol. The third-order valence-electron chi connectivity index (χ3n) is 4.37. The molecule has 3 nitrogen and oxygen atoms in total. The Morgan fingerprint density at radius 1 is 1.22 bits per heavy atom. The van der Waals surface area contributed by atoms with Crippen LogP contribution in [0.25, 0.3) is 0 Å². The number of rotatable bonds is 4. The fourth-order valence-electron chi connectivity index (χ4n) is 3.31. The Balaban J connectivity index is 0.00000162. The zero-order valence-corrected chi connectivity index (χ0v) is 12.2. The minimum Gasteiger partial charge on any atom is -0.353 e. The lowest BCUT2D eigenvalue weighted by atomic mass is 9.83. The van der Waals surface area contributed by atoms with Gasteiger partial charge >= 0.3 is 0 Å². The number of carbonyl (C=O) groups excluding carboxylic acids is 1. The minimum absolute atomic E-state index is 0. The van der Waals surface area contributed by atoms with Gasteiger partial charge in [0.1, 0.15) is 0 Å². The molecule has 2 aliphatic rings. The van der Waals surface area contributed by atoms with Gasteiger partial charge in [-0.05, 0) is 38.1 Å². The van der Waals surface area contributed by atoms with E-state index in [1.54, 1.807) is 0 Å². The zero-order chi connectivity index (χ0) is 12.1. The molecule has 0 aromatic carbocycles. The molecule has 0 spiro atoms. The van der Waals surface area contributed by atoms with Gasteiger partial charge in [-0.1, -0.05) is 26.2 Å². The lowest BCUT2D eigenvalue weighted by Gasteiger charge is -2.31. The fourth-order valence-corrected chi connectivity index (χ4v) is 3.31. The molecule has 1 aliphatic heterocycles. The smallest absolute Gasteiger partial charge is 0.221 e. The van der Waals surface area contributed by atoms with Crippen molar-refractivity contribution in [3.8, 4) is 0 Å². The van der Waals surface area contributed by atoms with E-state index in [2.05, 4.69) is 17.6 Å². The van der Waals surface area contributed by atoms with Gasteiger partial charge in [0.05, 0.1) is 0 Å². The zero-order valence-electron chi connectivity index (χ0n) is 11.4. The largest absolute Gasteiger partial charge is 0.353 e. The van der Waals surface area contributed by atoms with Crippen LogP contribution < -0.4 is 10.6 Å². The SMILES string of the molecule is CCC1CCCCC1NC(=O)CC1CCCN1.Cl. The van der Waals surface area contributed by atoms with Crippen molar-refractivity contribution in [2.45, 2.75) is 70.4 Å². The number of halogens is 1. The molecular formula is C14H27ClN2O. The van der Waals surface area contributed by atoms with Crippen LogP contribution in [0.4, 0.5) is 0 Å². The Hall–Kier alpha value is -0.280. The van der Waals surface area contributed by atoms with Crippen molar-refractivity contribution in [2.24, 2.45) is 5.92 Å². The maximum atomic E-state index is 12.0. The maximum absolute atomic E-state index is 12.0. The van der Waals surface area contributed by atoms with Gasteiger partial charge < -0.3 is 10.6 Å². The van der Waals surface area contributed by atoms with Gasteiger partial charge in [0.25, 0.3) is 0 Å². The van der Waals surface area contributed by atoms with Gasteiger partial charge in [-0.3, -0.25) is 4.79 Å². The summed E-state index contributed by atoms with van der Waals surface area (Å²) < 4.78 is 0. The minimum atomic E-state index is 0. The molecule has 0 radical (unpaired) electrons. The molecule has 1 heterocycles. The van der Waals surface area contributed by atoms with Crippen LogP contribution in [0.15, 0.2) is 0 Å². The van der Waals surface area contributed by atoms with Gasteiger partial charge in [-0.25, -0.2) is 0 Å². The molecule has 2 rings (SSSR count). The van der Waals surface area contributed by atoms with Crippen LogP contribution in [-0.2, 0) is 4.79 Å². The summed E-state index contributed by atoms with van der Waals surface area (Å²) in [6.07, 6.45) is 9.36. The first kappa shape index (κ1) is 15.8. The average Bonchev–Trinajstić information content (AvgIpc) is 2.82. The van der Waals surface area contributed by atoms with Crippen molar-refractivity contribution >= 4 is 18.3 Å². The molecule has 1 amide bonds. The van der Waals surface area contributed by atoms with Gasteiger partial charge in [0.15, 0.2) is 0 Å². The van der Waals surface area contributed by atoms with E-state index >= 15 is 0 Å². The third kappa shape index (κ3) is 4.43. The molecule has 106 valence electrons. The first-order valence-corrected chi connectivity index (χ1v) is 7.32. The Morgan fingerprint density at radius 3 is 2.67 bits per heavy atom. The van der Waals surface area contributed by atoms with Gasteiger partial charge in [-0.2, -0.15) is 0 Å². The number of hydrogen-bond donors (Lipinski definition) is 2. The molecule has 3 unspecified atom stereocenters. The lowest BCUT2D eigenvalue weighted by molar-refractivity contribution is -0.122. The van der Waals surface area contributed by atoms with Crippen LogP contribution >= 0.6 is 12.4 Å². The Kier molecular flexibility index (Phi) is 7.02. The van der Waals surface area contributed by atoms with Crippen LogP contribution in [0, 0.1) is 5.92 Å². The molecule has 2 fully saturated rings. The molecule has 0 aromatic rings. The van der Waals surface area contributed by atoms with E-state index in [0.717, 1.165) is 13.0 Å². The summed E-state index contributed by atoms with van der Waals surface area (Å²) in [4.78, 5) is 12.0. The van der Waals surface area contributed by atoms with Crippen molar-refractivity contribution in [3.05, 3.63) is 0 Å². The predicted octanol–water partition coefficient (Wildman–Crippen LogP) is 2.64. The van der Waals surface area contributed by atoms with Crippen LogP contribution in [0.5, 0.6) is 0 Å². The standard InChI is InChI=1S/C14H26N2O.ClH/c1-2-11-6-3-4-8-13(11)16-14(17)10-12-7-5-9-15-12;/h11-13,15H,2-10H2,1H3,(H,16,17);1H. The highest BCUT2D eigenvalue weighted by molar-refractivity contribution is 5.85. The van der Waals surface area contributed by atoms with E-state index in [1.165, 1.54) is 38.5 Å². The fraction of sp³-hybridized carbons (Fsp3) is 0.929. The van der Waals surface area contributed by atoms with E-state index < -0.39 is 0 Å². The third-order valence-corrected chi connectivity index (χ3v) is 4.37. The normalized spacial score (nSPS) is 31.7. The van der Waals surface area contributed by atoms with Crippen molar-refractivity contribution in [2.75, 3.05) is 6.54 Å². The summed E-state index contributed by atoms with van der Waals surface area (Å²) in [5.74, 6) is 0.971. The second-order valence-corrected chi connectivity index (χ2v) is 5.62. The molecule has 0 bridgehead atoms. The number of hydrogen-bond acceptors (Lipinski definition) is 2. The van der Waals surface area contributed by atoms with Crippen LogP contribution in [0.2, 0.25) is 0 Å². The van der Waals surface area contributed by atoms with E-state index in [1.807, 2.05) is 0 Å². The molecule has 1 saturated carbocycles. The molecule has 2 N–H and O–H groups in total. The van der Waals surface area contributed by atoms with Crippen LogP contribution in [-0.4, -0.2) is 24.5 Å². The summed E-state index contributed by atoms with van der Waals surface area (Å²) in [5, 5.41) is 6.66. The Morgan fingerprint density at radius 2 is 2.00 bits per heavy atom. The highest BCUT2D eigenvalue weighted by Crippen LogP contribution is 2.26. The molecule has 1 saturated heterocycles. The number of carbonyl (C=O) groups is 1. The van der Waals surface area contributed by atoms with Crippen molar-refractivity contribution in [1.82, 2.24) is 10.6 Å². The first-order valence-electron chi connectivity index (χ1n) is 7.32. The van der Waals surface area contributed by atoms with Crippen molar-refractivity contribution in [1.29, 1.82) is 0 Å². The molecule has 1 aliphatic carbocycles. The van der Waals surface area contributed by atoms with E-state index in [4.69, 9.17) is 0 Å². The van der Waals surface area contributed by atoms with Crippen molar-refractivity contribution in [3.63, 3.8) is 0 Å². The number of amides is 1.